The van der Waals surface area contributed by atoms with Crippen molar-refractivity contribution in [1.29, 1.82) is 0 Å². The van der Waals surface area contributed by atoms with Gasteiger partial charge < -0.3 is 23.7 Å². The lowest BCUT2D eigenvalue weighted by molar-refractivity contribution is -0.278. The molecule has 35 heavy (non-hydrogen) atoms. The molecule has 2 heterocycles. The SMILES string of the molecule is [2H]C(O[Si](C)(C)C(C)(C)C)[C@H]1O[C@@H](OCC=C)[C@H](N2C(=O)c3ccccc3C2=O)[C@@H](OC(C)=O)[C@@H]1O. The third kappa shape index (κ3) is 5.41. The summed E-state index contributed by atoms with van der Waals surface area (Å²) in [5.74, 6) is -1.99. The Balaban J connectivity index is 2.01. The fourth-order valence-electron chi connectivity index (χ4n) is 3.77. The van der Waals surface area contributed by atoms with Crippen LogP contribution in [-0.2, 0) is 23.4 Å². The molecule has 3 rings (SSSR count). The number of carbonyl (C=O) groups excluding carboxylic acids is 3. The third-order valence-corrected chi connectivity index (χ3v) is 11.0. The molecule has 2 aliphatic heterocycles. The van der Waals surface area contributed by atoms with Gasteiger partial charge in [0.25, 0.3) is 11.8 Å². The van der Waals surface area contributed by atoms with Gasteiger partial charge in [-0.2, -0.15) is 0 Å². The van der Waals surface area contributed by atoms with Crippen molar-refractivity contribution in [2.45, 2.75) is 76.5 Å². The van der Waals surface area contributed by atoms with E-state index in [9.17, 15) is 19.5 Å². The normalized spacial score (nSPS) is 28.4. The van der Waals surface area contributed by atoms with Crippen LogP contribution in [0.15, 0.2) is 36.9 Å². The second-order valence-corrected chi connectivity index (χ2v) is 14.9. The lowest BCUT2D eigenvalue weighted by atomic mass is 9.95. The van der Waals surface area contributed by atoms with Crippen LogP contribution in [0.4, 0.5) is 0 Å². The molecule has 6 atom stereocenters. The molecule has 192 valence electrons. The first-order valence-electron chi connectivity index (χ1n) is 12.1. The fourth-order valence-corrected chi connectivity index (χ4v) is 4.59. The summed E-state index contributed by atoms with van der Waals surface area (Å²) in [6, 6.07) is 4.99. The van der Waals surface area contributed by atoms with E-state index in [2.05, 4.69) is 6.58 Å². The molecule has 1 fully saturated rings. The van der Waals surface area contributed by atoms with Gasteiger partial charge in [-0.3, -0.25) is 19.3 Å². The number of aliphatic hydroxyl groups is 1. The minimum absolute atomic E-state index is 0.0221. The number of esters is 1. The summed E-state index contributed by atoms with van der Waals surface area (Å²) in [5, 5.41) is 11.1. The second kappa shape index (κ2) is 10.3. The number of amides is 2. The number of benzene rings is 1. The smallest absolute Gasteiger partial charge is 0.303 e. The Morgan fingerprint density at radius 3 is 2.31 bits per heavy atom. The van der Waals surface area contributed by atoms with Gasteiger partial charge in [-0.15, -0.1) is 6.58 Å². The van der Waals surface area contributed by atoms with Crippen LogP contribution in [0.5, 0.6) is 0 Å². The Bertz CT molecular complexity index is 991. The average molecular weight is 507 g/mol. The van der Waals surface area contributed by atoms with E-state index in [0.29, 0.717) is 0 Å². The summed E-state index contributed by atoms with van der Waals surface area (Å²) in [7, 11) is -2.45. The Hall–Kier alpha value is -2.37. The van der Waals surface area contributed by atoms with E-state index in [1.54, 1.807) is 12.1 Å². The first kappa shape index (κ1) is 25.7. The zero-order valence-electron chi connectivity index (χ0n) is 22.0. The number of fused-ring (bicyclic) bond motifs is 1. The minimum Gasteiger partial charge on any atom is -0.457 e. The number of carbonyl (C=O) groups is 3. The lowest BCUT2D eigenvalue weighted by Crippen LogP contribution is -2.67. The van der Waals surface area contributed by atoms with Gasteiger partial charge in [0.05, 0.1) is 25.7 Å². The molecule has 2 aliphatic rings. The van der Waals surface area contributed by atoms with Gasteiger partial charge in [-0.05, 0) is 30.3 Å². The molecule has 0 spiro atoms. The zero-order chi connectivity index (χ0) is 27.0. The van der Waals surface area contributed by atoms with E-state index in [-0.39, 0.29) is 22.8 Å². The van der Waals surface area contributed by atoms with E-state index in [0.717, 1.165) is 11.8 Å². The molecule has 0 bridgehead atoms. The van der Waals surface area contributed by atoms with Gasteiger partial charge in [-0.1, -0.05) is 39.0 Å². The van der Waals surface area contributed by atoms with Crippen molar-refractivity contribution in [2.75, 3.05) is 13.2 Å². The molecule has 10 heteroatoms. The van der Waals surface area contributed by atoms with Crippen LogP contribution in [-0.4, -0.2) is 79.9 Å². The highest BCUT2D eigenvalue weighted by molar-refractivity contribution is 6.74. The number of hydrogen-bond donors (Lipinski definition) is 1. The first-order chi connectivity index (χ1) is 16.7. The van der Waals surface area contributed by atoms with Crippen molar-refractivity contribution in [3.8, 4) is 0 Å². The monoisotopic (exact) mass is 506 g/mol. The Morgan fingerprint density at radius 2 is 1.83 bits per heavy atom. The predicted molar refractivity (Wildman–Crippen MR) is 130 cm³/mol. The van der Waals surface area contributed by atoms with Crippen molar-refractivity contribution in [3.63, 3.8) is 0 Å². The molecule has 1 aromatic rings. The molecule has 1 saturated heterocycles. The third-order valence-electron chi connectivity index (χ3n) is 6.69. The largest absolute Gasteiger partial charge is 0.457 e. The van der Waals surface area contributed by atoms with E-state index < -0.39 is 63.3 Å². The highest BCUT2D eigenvalue weighted by Gasteiger charge is 2.55. The highest BCUT2D eigenvalue weighted by Crippen LogP contribution is 2.38. The number of imide groups is 1. The fraction of sp³-hybridized carbons (Fsp3) is 0.560. The number of hydrogen-bond acceptors (Lipinski definition) is 8. The lowest BCUT2D eigenvalue weighted by Gasteiger charge is -2.47. The average Bonchev–Trinajstić information content (AvgIpc) is 3.03. The number of ether oxygens (including phenoxy) is 3. The molecule has 1 unspecified atom stereocenters. The number of rotatable bonds is 8. The predicted octanol–water partition coefficient (Wildman–Crippen LogP) is 2.89. The maximum Gasteiger partial charge on any atom is 0.303 e. The van der Waals surface area contributed by atoms with Crippen molar-refractivity contribution in [2.24, 2.45) is 0 Å². The van der Waals surface area contributed by atoms with Crippen molar-refractivity contribution >= 4 is 26.1 Å². The van der Waals surface area contributed by atoms with E-state index in [4.69, 9.17) is 20.0 Å². The van der Waals surface area contributed by atoms with Crippen LogP contribution in [0.2, 0.25) is 18.1 Å². The topological polar surface area (TPSA) is 112 Å². The number of nitrogens with zero attached hydrogens (tertiary/aromatic N) is 1. The molecule has 2 amide bonds. The van der Waals surface area contributed by atoms with Crippen LogP contribution in [0.1, 0.15) is 49.8 Å². The van der Waals surface area contributed by atoms with E-state index >= 15 is 0 Å². The summed E-state index contributed by atoms with van der Waals surface area (Å²) in [6.07, 6.45) is -4.16. The number of aliphatic hydroxyl groups excluding tert-OH is 1. The minimum atomic E-state index is -2.45. The second-order valence-electron chi connectivity index (χ2n) is 10.2. The van der Waals surface area contributed by atoms with Gasteiger partial charge in [0.15, 0.2) is 20.7 Å². The molecular formula is C25H35NO8Si. The summed E-state index contributed by atoms with van der Waals surface area (Å²) in [6.45, 7) is 13.4. The van der Waals surface area contributed by atoms with Crippen LogP contribution in [0.3, 0.4) is 0 Å². The summed E-state index contributed by atoms with van der Waals surface area (Å²) < 4.78 is 32.1. The van der Waals surface area contributed by atoms with Crippen molar-refractivity contribution in [3.05, 3.63) is 48.0 Å². The molecule has 0 aromatic heterocycles. The van der Waals surface area contributed by atoms with Gasteiger partial charge in [0.2, 0.25) is 0 Å². The van der Waals surface area contributed by atoms with Crippen LogP contribution >= 0.6 is 0 Å². The van der Waals surface area contributed by atoms with Gasteiger partial charge in [0.1, 0.15) is 18.2 Å². The maximum atomic E-state index is 13.3. The highest BCUT2D eigenvalue weighted by atomic mass is 28.4. The maximum absolute atomic E-state index is 13.3. The Morgan fingerprint density at radius 1 is 1.26 bits per heavy atom. The van der Waals surface area contributed by atoms with Crippen LogP contribution in [0, 0.1) is 0 Å². The summed E-state index contributed by atoms with van der Waals surface area (Å²) in [5.41, 5.74) is 0.366. The first-order valence-corrected chi connectivity index (χ1v) is 14.4. The van der Waals surface area contributed by atoms with Gasteiger partial charge in [-0.25, -0.2) is 0 Å². The Kier molecular flexibility index (Phi) is 7.58. The summed E-state index contributed by atoms with van der Waals surface area (Å²) >= 11 is 0. The van der Waals surface area contributed by atoms with Crippen molar-refractivity contribution in [1.82, 2.24) is 4.90 Å². The van der Waals surface area contributed by atoms with E-state index in [1.165, 1.54) is 18.2 Å². The van der Waals surface area contributed by atoms with Crippen LogP contribution in [0.25, 0.3) is 0 Å². The van der Waals surface area contributed by atoms with Gasteiger partial charge >= 0.3 is 5.97 Å². The summed E-state index contributed by atoms with van der Waals surface area (Å²) in [4.78, 5) is 39.5. The molecule has 0 aliphatic carbocycles. The molecule has 1 N–H and O–H groups in total. The molecule has 0 saturated carbocycles. The molecule has 0 radical (unpaired) electrons. The molecular weight excluding hydrogens is 470 g/mol. The van der Waals surface area contributed by atoms with E-state index in [1.807, 2.05) is 33.9 Å². The van der Waals surface area contributed by atoms with Crippen molar-refractivity contribution < 1.29 is 39.5 Å². The standard InChI is InChI=1S/C25H35NO8Si/c1-8-13-31-24-19(26-22(29)16-11-9-10-12-17(16)23(26)30)21(33-15(2)27)20(28)18(34-24)14-32-35(6,7)25(3,4)5/h8-12,18-21,24,28H,1,13-14H2,2-7H3/t18-,19-,20-,21-,24-/m1/s1/i14D/t14?,18-,19-,20-,21-,24-. The zero-order valence-corrected chi connectivity index (χ0v) is 22.0. The molecule has 1 aromatic carbocycles. The van der Waals surface area contributed by atoms with Gasteiger partial charge in [0, 0.05) is 6.92 Å². The Labute approximate surface area is 208 Å². The van der Waals surface area contributed by atoms with Crippen LogP contribution < -0.4 is 0 Å². The molecule has 9 nitrogen and oxygen atoms in total. The quantitative estimate of drug-likeness (QED) is 0.248.